The van der Waals surface area contributed by atoms with Crippen molar-refractivity contribution >= 4 is 22.3 Å². The molecule has 1 aromatic carbocycles. The molecule has 0 aliphatic heterocycles. The number of hydrogen-bond acceptors (Lipinski definition) is 3. The number of pyridine rings is 1. The molecule has 2 rings (SSSR count). The Labute approximate surface area is 102 Å². The molecule has 1 aromatic heterocycles. The van der Waals surface area contributed by atoms with E-state index in [4.69, 9.17) is 5.73 Å². The summed E-state index contributed by atoms with van der Waals surface area (Å²) in [5, 5.41) is 5.54. The normalized spacial score (nSPS) is 11.1. The maximum absolute atomic E-state index is 6.03. The van der Waals surface area contributed by atoms with E-state index in [9.17, 15) is 0 Å². The van der Waals surface area contributed by atoms with Crippen LogP contribution in [0.25, 0.3) is 10.8 Å². The van der Waals surface area contributed by atoms with Gasteiger partial charge >= 0.3 is 0 Å². The fourth-order valence-electron chi connectivity index (χ4n) is 1.91. The van der Waals surface area contributed by atoms with E-state index in [2.05, 4.69) is 37.1 Å². The highest BCUT2D eigenvalue weighted by atomic mass is 15.0. The Morgan fingerprint density at radius 3 is 2.76 bits per heavy atom. The van der Waals surface area contributed by atoms with Crippen LogP contribution in [0, 0.1) is 12.8 Å². The number of anilines is 2. The van der Waals surface area contributed by atoms with Crippen molar-refractivity contribution in [2.45, 2.75) is 20.8 Å². The highest BCUT2D eigenvalue weighted by molar-refractivity contribution is 5.99. The molecule has 0 aliphatic carbocycles. The molecule has 3 nitrogen and oxygen atoms in total. The van der Waals surface area contributed by atoms with Gasteiger partial charge in [-0.3, -0.25) is 0 Å². The highest BCUT2D eigenvalue weighted by Crippen LogP contribution is 2.27. The lowest BCUT2D eigenvalue weighted by atomic mass is 10.1. The van der Waals surface area contributed by atoms with Gasteiger partial charge in [0.1, 0.15) is 5.82 Å². The summed E-state index contributed by atoms with van der Waals surface area (Å²) in [6.45, 7) is 7.32. The number of aryl methyl sites for hydroxylation is 1. The molecule has 0 fully saturated rings. The summed E-state index contributed by atoms with van der Waals surface area (Å²) in [5.41, 5.74) is 8.00. The third kappa shape index (κ3) is 2.49. The van der Waals surface area contributed by atoms with Crippen LogP contribution >= 0.6 is 0 Å². The van der Waals surface area contributed by atoms with Gasteiger partial charge in [0.25, 0.3) is 0 Å². The molecule has 0 aliphatic rings. The van der Waals surface area contributed by atoms with Crippen LogP contribution in [0.1, 0.15) is 19.4 Å². The van der Waals surface area contributed by atoms with Crippen LogP contribution in [0.15, 0.2) is 24.4 Å². The Balaban J connectivity index is 2.49. The zero-order valence-corrected chi connectivity index (χ0v) is 10.6. The first-order chi connectivity index (χ1) is 8.08. The van der Waals surface area contributed by atoms with Gasteiger partial charge in [-0.05, 0) is 36.6 Å². The number of nitrogen functional groups attached to an aromatic ring is 1. The minimum atomic E-state index is 0.592. The summed E-state index contributed by atoms with van der Waals surface area (Å²) < 4.78 is 0. The summed E-state index contributed by atoms with van der Waals surface area (Å²) in [4.78, 5) is 4.39. The molecule has 3 heteroatoms. The van der Waals surface area contributed by atoms with Gasteiger partial charge in [0.15, 0.2) is 0 Å². The van der Waals surface area contributed by atoms with Crippen LogP contribution in [0.5, 0.6) is 0 Å². The molecule has 2 aromatic rings. The van der Waals surface area contributed by atoms with E-state index in [1.54, 1.807) is 6.20 Å². The molecule has 0 saturated heterocycles. The third-order valence-electron chi connectivity index (χ3n) is 2.73. The second kappa shape index (κ2) is 4.62. The van der Waals surface area contributed by atoms with Gasteiger partial charge in [-0.15, -0.1) is 0 Å². The van der Waals surface area contributed by atoms with E-state index in [-0.39, 0.29) is 0 Å². The zero-order chi connectivity index (χ0) is 12.4. The summed E-state index contributed by atoms with van der Waals surface area (Å²) in [6.07, 6.45) is 1.80. The number of hydrogen-bond donors (Lipinski definition) is 2. The first-order valence-electron chi connectivity index (χ1n) is 5.96. The zero-order valence-electron chi connectivity index (χ0n) is 10.6. The van der Waals surface area contributed by atoms with Gasteiger partial charge in [0.05, 0.1) is 0 Å². The van der Waals surface area contributed by atoms with E-state index in [1.807, 2.05) is 12.1 Å². The van der Waals surface area contributed by atoms with Crippen molar-refractivity contribution in [3.8, 4) is 0 Å². The van der Waals surface area contributed by atoms with Gasteiger partial charge in [-0.2, -0.15) is 0 Å². The van der Waals surface area contributed by atoms with E-state index in [0.717, 1.165) is 34.4 Å². The number of aromatic nitrogens is 1. The lowest BCUT2D eigenvalue weighted by Gasteiger charge is -2.12. The minimum Gasteiger partial charge on any atom is -0.398 e. The van der Waals surface area contributed by atoms with Crippen molar-refractivity contribution < 1.29 is 0 Å². The van der Waals surface area contributed by atoms with E-state index in [0.29, 0.717) is 5.92 Å². The SMILES string of the molecule is Cc1cc(N)c2ccnc(NCC(C)C)c2c1. The van der Waals surface area contributed by atoms with Gasteiger partial charge in [0.2, 0.25) is 0 Å². The molecule has 0 radical (unpaired) electrons. The smallest absolute Gasteiger partial charge is 0.133 e. The predicted molar refractivity (Wildman–Crippen MR) is 74.2 cm³/mol. The number of nitrogens with one attached hydrogen (secondary N) is 1. The number of rotatable bonds is 3. The van der Waals surface area contributed by atoms with Crippen molar-refractivity contribution in [2.24, 2.45) is 5.92 Å². The average molecular weight is 229 g/mol. The van der Waals surface area contributed by atoms with E-state index < -0.39 is 0 Å². The molecule has 0 amide bonds. The van der Waals surface area contributed by atoms with Crippen molar-refractivity contribution in [2.75, 3.05) is 17.6 Å². The molecule has 0 saturated carbocycles. The lowest BCUT2D eigenvalue weighted by Crippen LogP contribution is -2.09. The molecule has 0 unspecified atom stereocenters. The minimum absolute atomic E-state index is 0.592. The fourth-order valence-corrected chi connectivity index (χ4v) is 1.91. The van der Waals surface area contributed by atoms with Crippen LogP contribution in [-0.2, 0) is 0 Å². The predicted octanol–water partition coefficient (Wildman–Crippen LogP) is 3.19. The largest absolute Gasteiger partial charge is 0.398 e. The standard InChI is InChI=1S/C14H19N3/c1-9(2)8-17-14-12-6-10(3)7-13(15)11(12)4-5-16-14/h4-7,9H,8,15H2,1-3H3,(H,16,17). The van der Waals surface area contributed by atoms with Crippen LogP contribution < -0.4 is 11.1 Å². The molecule has 0 atom stereocenters. The molecule has 1 heterocycles. The number of benzene rings is 1. The van der Waals surface area contributed by atoms with Crippen LogP contribution in [0.2, 0.25) is 0 Å². The number of nitrogens with zero attached hydrogens (tertiary/aromatic N) is 1. The molecular formula is C14H19N3. The average Bonchev–Trinajstić information content (AvgIpc) is 2.26. The van der Waals surface area contributed by atoms with Gasteiger partial charge < -0.3 is 11.1 Å². The maximum Gasteiger partial charge on any atom is 0.133 e. The Hall–Kier alpha value is -1.77. The summed E-state index contributed by atoms with van der Waals surface area (Å²) in [6, 6.07) is 6.08. The molecule has 90 valence electrons. The van der Waals surface area contributed by atoms with Gasteiger partial charge in [-0.1, -0.05) is 13.8 Å². The van der Waals surface area contributed by atoms with Crippen LogP contribution in [-0.4, -0.2) is 11.5 Å². The van der Waals surface area contributed by atoms with E-state index in [1.165, 1.54) is 0 Å². The quantitative estimate of drug-likeness (QED) is 0.795. The third-order valence-corrected chi connectivity index (χ3v) is 2.73. The Morgan fingerprint density at radius 1 is 1.29 bits per heavy atom. The lowest BCUT2D eigenvalue weighted by molar-refractivity contribution is 0.687. The van der Waals surface area contributed by atoms with Crippen molar-refractivity contribution in [1.29, 1.82) is 0 Å². The van der Waals surface area contributed by atoms with E-state index >= 15 is 0 Å². The maximum atomic E-state index is 6.03. The first kappa shape index (κ1) is 11.7. The molecule has 3 N–H and O–H groups in total. The van der Waals surface area contributed by atoms with Crippen molar-refractivity contribution in [3.63, 3.8) is 0 Å². The Kier molecular flexibility index (Phi) is 3.18. The first-order valence-corrected chi connectivity index (χ1v) is 5.96. The Bertz CT molecular complexity index is 532. The molecular weight excluding hydrogens is 210 g/mol. The second-order valence-electron chi connectivity index (χ2n) is 4.88. The Morgan fingerprint density at radius 2 is 2.06 bits per heavy atom. The van der Waals surface area contributed by atoms with Crippen molar-refractivity contribution in [3.05, 3.63) is 30.0 Å². The highest BCUT2D eigenvalue weighted by Gasteiger charge is 2.06. The topological polar surface area (TPSA) is 50.9 Å². The fraction of sp³-hybridized carbons (Fsp3) is 0.357. The molecule has 17 heavy (non-hydrogen) atoms. The number of nitrogens with two attached hydrogens (primary N) is 1. The molecule has 0 spiro atoms. The summed E-state index contributed by atoms with van der Waals surface area (Å²) in [5.74, 6) is 1.51. The van der Waals surface area contributed by atoms with Crippen molar-refractivity contribution in [1.82, 2.24) is 4.98 Å². The summed E-state index contributed by atoms with van der Waals surface area (Å²) >= 11 is 0. The van der Waals surface area contributed by atoms with Crippen LogP contribution in [0.4, 0.5) is 11.5 Å². The number of fused-ring (bicyclic) bond motifs is 1. The second-order valence-corrected chi connectivity index (χ2v) is 4.88. The van der Waals surface area contributed by atoms with Gasteiger partial charge in [-0.25, -0.2) is 4.98 Å². The summed E-state index contributed by atoms with van der Waals surface area (Å²) in [7, 11) is 0. The monoisotopic (exact) mass is 229 g/mol. The van der Waals surface area contributed by atoms with Crippen LogP contribution in [0.3, 0.4) is 0 Å². The van der Waals surface area contributed by atoms with Gasteiger partial charge in [0, 0.05) is 29.2 Å². The molecule has 0 bridgehead atoms.